The van der Waals surface area contributed by atoms with Crippen molar-refractivity contribution in [3.8, 4) is 0 Å². The predicted molar refractivity (Wildman–Crippen MR) is 65.9 cm³/mol. The van der Waals surface area contributed by atoms with Crippen LogP contribution in [0.1, 0.15) is 13.3 Å². The highest BCUT2D eigenvalue weighted by Crippen LogP contribution is 2.20. The Labute approximate surface area is 109 Å². The van der Waals surface area contributed by atoms with Gasteiger partial charge in [0.25, 0.3) is 0 Å². The van der Waals surface area contributed by atoms with E-state index in [1.807, 2.05) is 0 Å². The summed E-state index contributed by atoms with van der Waals surface area (Å²) >= 11 is 0.857. The molecule has 3 atom stereocenters. The third kappa shape index (κ3) is 4.15. The molecule has 0 aliphatic carbocycles. The summed E-state index contributed by atoms with van der Waals surface area (Å²) in [7, 11) is 0. The van der Waals surface area contributed by atoms with Gasteiger partial charge in [0.2, 0.25) is 0 Å². The van der Waals surface area contributed by atoms with Gasteiger partial charge in [0.05, 0.1) is 5.92 Å². The molecule has 0 saturated carbocycles. The highest BCUT2D eigenvalue weighted by Gasteiger charge is 2.35. The van der Waals surface area contributed by atoms with Crippen molar-refractivity contribution in [3.05, 3.63) is 12.7 Å². The van der Waals surface area contributed by atoms with Crippen LogP contribution >= 0.6 is 11.8 Å². The molecule has 0 aromatic rings. The Bertz CT molecular complexity index is 370. The highest BCUT2D eigenvalue weighted by molar-refractivity contribution is 8.14. The molecule has 1 heterocycles. The topological polar surface area (TPSA) is 92.7 Å². The van der Waals surface area contributed by atoms with Crippen LogP contribution in [0.3, 0.4) is 0 Å². The van der Waals surface area contributed by atoms with Gasteiger partial charge in [-0.3, -0.25) is 14.4 Å². The number of carbonyl (C=O) groups excluding carboxylic acids is 2. The number of hydrogen-bond donors (Lipinski definition) is 2. The van der Waals surface area contributed by atoms with Crippen molar-refractivity contribution in [2.24, 2.45) is 5.92 Å². The third-order valence-corrected chi connectivity index (χ3v) is 3.32. The molecule has 1 aliphatic heterocycles. The molecule has 0 amide bonds. The largest absolute Gasteiger partial charge is 0.480 e. The number of thioether (sulfide) groups is 1. The minimum absolute atomic E-state index is 0.180. The fraction of sp³-hybridized carbons (Fsp3) is 0.545. The number of ether oxygens (including phenoxy) is 1. The van der Waals surface area contributed by atoms with Crippen LogP contribution in [0.2, 0.25) is 0 Å². The molecule has 0 bridgehead atoms. The zero-order chi connectivity index (χ0) is 13.7. The van der Waals surface area contributed by atoms with Gasteiger partial charge in [-0.15, -0.1) is 0 Å². The lowest BCUT2D eigenvalue weighted by Crippen LogP contribution is -2.30. The number of hydrogen-bond acceptors (Lipinski definition) is 6. The van der Waals surface area contributed by atoms with E-state index >= 15 is 0 Å². The van der Waals surface area contributed by atoms with Crippen molar-refractivity contribution in [1.82, 2.24) is 5.32 Å². The fourth-order valence-corrected chi connectivity index (χ4v) is 2.16. The van der Waals surface area contributed by atoms with Gasteiger partial charge in [-0.25, -0.2) is 0 Å². The van der Waals surface area contributed by atoms with E-state index in [-0.39, 0.29) is 18.1 Å². The van der Waals surface area contributed by atoms with Crippen molar-refractivity contribution in [3.63, 3.8) is 0 Å². The maximum absolute atomic E-state index is 11.7. The van der Waals surface area contributed by atoms with Gasteiger partial charge in [0.15, 0.2) is 10.6 Å². The van der Waals surface area contributed by atoms with Gasteiger partial charge in [0, 0.05) is 13.5 Å². The SMILES string of the molecule is C=CC(OC(=O)[C@@H]1CN[C@H](C(=O)O)C1)SC(C)=O. The molecule has 0 aromatic heterocycles. The fourth-order valence-electron chi connectivity index (χ4n) is 1.60. The Morgan fingerprint density at radius 2 is 2.22 bits per heavy atom. The van der Waals surface area contributed by atoms with Gasteiger partial charge in [-0.05, 0) is 24.3 Å². The van der Waals surface area contributed by atoms with E-state index in [1.165, 1.54) is 13.0 Å². The first-order valence-corrected chi connectivity index (χ1v) is 6.28. The molecule has 7 heteroatoms. The number of carbonyl (C=O) groups is 3. The lowest BCUT2D eigenvalue weighted by atomic mass is 10.1. The van der Waals surface area contributed by atoms with E-state index < -0.39 is 29.3 Å². The molecule has 1 aliphatic rings. The standard InChI is InChI=1S/C11H15NO5S/c1-3-9(18-6(2)13)17-11(16)7-4-8(10(14)15)12-5-7/h3,7-9,12H,1,4-5H2,2H3,(H,14,15)/t7-,8-,9?/m0/s1. The monoisotopic (exact) mass is 273 g/mol. The second-order valence-electron chi connectivity index (χ2n) is 3.88. The van der Waals surface area contributed by atoms with Crippen LogP contribution in [-0.4, -0.2) is 40.2 Å². The Morgan fingerprint density at radius 3 is 2.67 bits per heavy atom. The highest BCUT2D eigenvalue weighted by atomic mass is 32.2. The number of esters is 1. The third-order valence-electron chi connectivity index (χ3n) is 2.47. The zero-order valence-corrected chi connectivity index (χ0v) is 10.7. The van der Waals surface area contributed by atoms with Crippen LogP contribution in [-0.2, 0) is 19.1 Å². The van der Waals surface area contributed by atoms with Gasteiger partial charge in [-0.1, -0.05) is 6.58 Å². The molecular weight excluding hydrogens is 258 g/mol. The second kappa shape index (κ2) is 6.55. The van der Waals surface area contributed by atoms with Crippen LogP contribution in [0.25, 0.3) is 0 Å². The first-order chi connectivity index (χ1) is 8.43. The Balaban J connectivity index is 2.48. The minimum atomic E-state index is -0.983. The summed E-state index contributed by atoms with van der Waals surface area (Å²) in [6, 6.07) is -0.717. The normalized spacial score (nSPS) is 24.3. The number of carboxylic acid groups (broad SMARTS) is 1. The molecule has 1 rings (SSSR count). The molecule has 18 heavy (non-hydrogen) atoms. The van der Waals surface area contributed by atoms with Crippen LogP contribution in [0.5, 0.6) is 0 Å². The first-order valence-electron chi connectivity index (χ1n) is 5.40. The minimum Gasteiger partial charge on any atom is -0.480 e. The molecule has 100 valence electrons. The average molecular weight is 273 g/mol. The Kier molecular flexibility index (Phi) is 5.36. The van der Waals surface area contributed by atoms with E-state index in [1.54, 1.807) is 0 Å². The number of carboxylic acids is 1. The first kappa shape index (κ1) is 14.7. The molecule has 0 spiro atoms. The molecular formula is C11H15NO5S. The lowest BCUT2D eigenvalue weighted by molar-refractivity contribution is -0.148. The molecule has 0 radical (unpaired) electrons. The molecule has 0 aromatic carbocycles. The summed E-state index contributed by atoms with van der Waals surface area (Å²) in [4.78, 5) is 33.3. The van der Waals surface area contributed by atoms with E-state index in [9.17, 15) is 14.4 Å². The second-order valence-corrected chi connectivity index (χ2v) is 5.16. The van der Waals surface area contributed by atoms with E-state index in [4.69, 9.17) is 9.84 Å². The summed E-state index contributed by atoms with van der Waals surface area (Å²) in [5.74, 6) is -1.99. The zero-order valence-electron chi connectivity index (χ0n) is 9.92. The smallest absolute Gasteiger partial charge is 0.320 e. The maximum Gasteiger partial charge on any atom is 0.320 e. The van der Waals surface area contributed by atoms with Crippen molar-refractivity contribution >= 4 is 28.8 Å². The van der Waals surface area contributed by atoms with Crippen LogP contribution in [0.4, 0.5) is 0 Å². The molecule has 6 nitrogen and oxygen atoms in total. The van der Waals surface area contributed by atoms with Gasteiger partial charge in [0.1, 0.15) is 6.04 Å². The predicted octanol–water partition coefficient (Wildman–Crippen LogP) is 0.384. The van der Waals surface area contributed by atoms with Crippen LogP contribution < -0.4 is 5.32 Å². The molecule has 2 N–H and O–H groups in total. The van der Waals surface area contributed by atoms with Crippen molar-refractivity contribution in [2.45, 2.75) is 24.8 Å². The summed E-state index contributed by atoms with van der Waals surface area (Å²) in [5, 5.41) is 11.3. The molecule has 1 saturated heterocycles. The summed E-state index contributed by atoms with van der Waals surface area (Å²) in [5.41, 5.74) is -0.723. The summed E-state index contributed by atoms with van der Waals surface area (Å²) in [6.45, 7) is 5.11. The van der Waals surface area contributed by atoms with Gasteiger partial charge < -0.3 is 15.2 Å². The molecule has 1 fully saturated rings. The van der Waals surface area contributed by atoms with Crippen molar-refractivity contribution in [2.75, 3.05) is 6.54 Å². The van der Waals surface area contributed by atoms with Crippen LogP contribution in [0, 0.1) is 5.92 Å². The van der Waals surface area contributed by atoms with Gasteiger partial charge in [-0.2, -0.15) is 0 Å². The Hall–Kier alpha value is -1.34. The average Bonchev–Trinajstić information content (AvgIpc) is 2.76. The maximum atomic E-state index is 11.7. The van der Waals surface area contributed by atoms with Gasteiger partial charge >= 0.3 is 11.9 Å². The number of rotatable bonds is 5. The Morgan fingerprint density at radius 1 is 1.56 bits per heavy atom. The van der Waals surface area contributed by atoms with Crippen molar-refractivity contribution in [1.29, 1.82) is 0 Å². The van der Waals surface area contributed by atoms with E-state index in [2.05, 4.69) is 11.9 Å². The van der Waals surface area contributed by atoms with Crippen molar-refractivity contribution < 1.29 is 24.2 Å². The summed E-state index contributed by atoms with van der Waals surface area (Å²) in [6.07, 6.45) is 1.56. The number of aliphatic carboxylic acids is 1. The summed E-state index contributed by atoms with van der Waals surface area (Å²) < 4.78 is 5.07. The van der Waals surface area contributed by atoms with E-state index in [0.717, 1.165) is 11.8 Å². The lowest BCUT2D eigenvalue weighted by Gasteiger charge is -2.14. The van der Waals surface area contributed by atoms with Crippen LogP contribution in [0.15, 0.2) is 12.7 Å². The number of nitrogens with one attached hydrogen (secondary N) is 1. The molecule has 1 unspecified atom stereocenters. The quantitative estimate of drug-likeness (QED) is 0.425. The van der Waals surface area contributed by atoms with E-state index in [0.29, 0.717) is 0 Å².